The third-order valence-corrected chi connectivity index (χ3v) is 4.52. The number of pyridine rings is 1. The smallest absolute Gasteiger partial charge is 0.211 e. The summed E-state index contributed by atoms with van der Waals surface area (Å²) < 4.78 is 26.1. The van der Waals surface area contributed by atoms with E-state index in [-0.39, 0.29) is 11.8 Å². The van der Waals surface area contributed by atoms with Crippen LogP contribution in [0.1, 0.15) is 18.4 Å². The second kappa shape index (κ2) is 5.77. The van der Waals surface area contributed by atoms with Crippen molar-refractivity contribution in [3.8, 4) is 0 Å². The maximum atomic E-state index is 11.8. The number of nitrogens with one attached hydrogen (secondary N) is 1. The second-order valence-corrected chi connectivity index (χ2v) is 6.70. The Bertz CT molecular complexity index is 471. The summed E-state index contributed by atoms with van der Waals surface area (Å²) in [7, 11) is -3.23. The summed E-state index contributed by atoms with van der Waals surface area (Å²) in [6.07, 6.45) is 6.08. The van der Waals surface area contributed by atoms with E-state index in [1.165, 1.54) is 0 Å². The summed E-state index contributed by atoms with van der Waals surface area (Å²) in [6, 6.07) is 3.61. The molecular formula is C12H19N3O2S. The fourth-order valence-corrected chi connectivity index (χ4v) is 2.88. The summed E-state index contributed by atoms with van der Waals surface area (Å²) in [5, 5.41) is 0. The molecule has 6 heteroatoms. The first-order valence-corrected chi connectivity index (χ1v) is 7.84. The third-order valence-electron chi connectivity index (χ3n) is 3.18. The summed E-state index contributed by atoms with van der Waals surface area (Å²) in [6.45, 7) is 0.351. The molecule has 1 aromatic heterocycles. The van der Waals surface area contributed by atoms with Gasteiger partial charge in [0.15, 0.2) is 0 Å². The molecule has 5 nitrogen and oxygen atoms in total. The Morgan fingerprint density at radius 2 is 2.06 bits per heavy atom. The number of nitrogens with two attached hydrogens (primary N) is 1. The Kier molecular flexibility index (Phi) is 4.31. The van der Waals surface area contributed by atoms with E-state index >= 15 is 0 Å². The lowest BCUT2D eigenvalue weighted by Crippen LogP contribution is -2.39. The van der Waals surface area contributed by atoms with Gasteiger partial charge in [0.25, 0.3) is 0 Å². The highest BCUT2D eigenvalue weighted by atomic mass is 32.2. The highest BCUT2D eigenvalue weighted by molar-refractivity contribution is 7.89. The number of nitrogens with zero attached hydrogens (tertiary/aromatic N) is 1. The van der Waals surface area contributed by atoms with Gasteiger partial charge in [0.1, 0.15) is 0 Å². The van der Waals surface area contributed by atoms with Crippen LogP contribution in [0.25, 0.3) is 0 Å². The molecule has 1 saturated carbocycles. The first kappa shape index (κ1) is 13.5. The van der Waals surface area contributed by atoms with Crippen LogP contribution in [-0.4, -0.2) is 31.7 Å². The standard InChI is InChI=1S/C12H19N3O2S/c13-12(11-1-2-11)9-15-18(16,17)8-5-10-3-6-14-7-4-10/h3-4,6-7,11-12,15H,1-2,5,8-9,13H2. The van der Waals surface area contributed by atoms with Crippen molar-refractivity contribution in [2.75, 3.05) is 12.3 Å². The molecule has 0 aliphatic heterocycles. The molecule has 3 N–H and O–H groups in total. The van der Waals surface area contributed by atoms with Gasteiger partial charge in [-0.15, -0.1) is 0 Å². The minimum atomic E-state index is -3.23. The van der Waals surface area contributed by atoms with Crippen LogP contribution in [0.3, 0.4) is 0 Å². The van der Waals surface area contributed by atoms with Gasteiger partial charge in [-0.05, 0) is 42.9 Å². The van der Waals surface area contributed by atoms with Crippen LogP contribution in [0.4, 0.5) is 0 Å². The maximum Gasteiger partial charge on any atom is 0.211 e. The lowest BCUT2D eigenvalue weighted by atomic mass is 10.2. The molecule has 1 unspecified atom stereocenters. The van der Waals surface area contributed by atoms with Crippen molar-refractivity contribution in [2.45, 2.75) is 25.3 Å². The van der Waals surface area contributed by atoms with Gasteiger partial charge in [-0.25, -0.2) is 13.1 Å². The quantitative estimate of drug-likeness (QED) is 0.744. The molecule has 2 rings (SSSR count). The van der Waals surface area contributed by atoms with Crippen LogP contribution >= 0.6 is 0 Å². The van der Waals surface area contributed by atoms with Crippen molar-refractivity contribution in [3.63, 3.8) is 0 Å². The fourth-order valence-electron chi connectivity index (χ4n) is 1.79. The van der Waals surface area contributed by atoms with Gasteiger partial charge in [0.2, 0.25) is 10.0 Å². The Balaban J connectivity index is 1.76. The first-order valence-electron chi connectivity index (χ1n) is 6.19. The highest BCUT2D eigenvalue weighted by Crippen LogP contribution is 2.31. The Hall–Kier alpha value is -0.980. The number of aromatic nitrogens is 1. The van der Waals surface area contributed by atoms with Crippen molar-refractivity contribution >= 4 is 10.0 Å². The predicted molar refractivity (Wildman–Crippen MR) is 70.4 cm³/mol. The van der Waals surface area contributed by atoms with Gasteiger partial charge in [-0.3, -0.25) is 4.98 Å². The van der Waals surface area contributed by atoms with E-state index in [1.54, 1.807) is 12.4 Å². The molecule has 100 valence electrons. The molecule has 1 fully saturated rings. The number of aryl methyl sites for hydroxylation is 1. The Morgan fingerprint density at radius 3 is 2.67 bits per heavy atom. The normalized spacial score (nSPS) is 17.6. The molecule has 0 spiro atoms. The maximum absolute atomic E-state index is 11.8. The Morgan fingerprint density at radius 1 is 1.39 bits per heavy atom. The molecule has 1 aromatic rings. The van der Waals surface area contributed by atoms with E-state index < -0.39 is 10.0 Å². The van der Waals surface area contributed by atoms with Gasteiger partial charge >= 0.3 is 0 Å². The second-order valence-electron chi connectivity index (χ2n) is 4.77. The summed E-state index contributed by atoms with van der Waals surface area (Å²) in [5.41, 5.74) is 6.83. The van der Waals surface area contributed by atoms with Gasteiger partial charge in [0, 0.05) is 25.0 Å². The van der Waals surface area contributed by atoms with Gasteiger partial charge in [-0.2, -0.15) is 0 Å². The largest absolute Gasteiger partial charge is 0.326 e. The van der Waals surface area contributed by atoms with E-state index in [2.05, 4.69) is 9.71 Å². The molecule has 1 aliphatic carbocycles. The molecule has 0 amide bonds. The zero-order valence-corrected chi connectivity index (χ0v) is 11.1. The molecule has 1 heterocycles. The topological polar surface area (TPSA) is 85.1 Å². The number of sulfonamides is 1. The van der Waals surface area contributed by atoms with Crippen molar-refractivity contribution in [2.24, 2.45) is 11.7 Å². The number of rotatable bonds is 7. The zero-order chi connectivity index (χ0) is 13.0. The van der Waals surface area contributed by atoms with Crippen molar-refractivity contribution in [1.82, 2.24) is 9.71 Å². The molecule has 18 heavy (non-hydrogen) atoms. The predicted octanol–water partition coefficient (Wildman–Crippen LogP) is 0.281. The van der Waals surface area contributed by atoms with Crippen molar-refractivity contribution < 1.29 is 8.42 Å². The van der Waals surface area contributed by atoms with Crippen LogP contribution in [0.2, 0.25) is 0 Å². The number of hydrogen-bond donors (Lipinski definition) is 2. The van der Waals surface area contributed by atoms with Gasteiger partial charge in [0.05, 0.1) is 5.75 Å². The van der Waals surface area contributed by atoms with E-state index in [4.69, 9.17) is 5.73 Å². The molecule has 1 aliphatic rings. The monoisotopic (exact) mass is 269 g/mol. The SMILES string of the molecule is NC(CNS(=O)(=O)CCc1ccncc1)C1CC1. The van der Waals surface area contributed by atoms with Crippen molar-refractivity contribution in [3.05, 3.63) is 30.1 Å². The zero-order valence-electron chi connectivity index (χ0n) is 10.2. The van der Waals surface area contributed by atoms with Crippen molar-refractivity contribution in [1.29, 1.82) is 0 Å². The third kappa shape index (κ3) is 4.36. The van der Waals surface area contributed by atoms with Crippen LogP contribution < -0.4 is 10.5 Å². The molecule has 1 atom stereocenters. The average Bonchev–Trinajstić information content (AvgIpc) is 3.19. The lowest BCUT2D eigenvalue weighted by Gasteiger charge is -2.12. The van der Waals surface area contributed by atoms with Gasteiger partial charge in [-0.1, -0.05) is 0 Å². The molecule has 0 aromatic carbocycles. The van der Waals surface area contributed by atoms with E-state index in [0.717, 1.165) is 18.4 Å². The highest BCUT2D eigenvalue weighted by Gasteiger charge is 2.29. The molecule has 0 bridgehead atoms. The van der Waals surface area contributed by atoms with Crippen LogP contribution in [-0.2, 0) is 16.4 Å². The van der Waals surface area contributed by atoms with E-state index in [0.29, 0.717) is 18.9 Å². The summed E-state index contributed by atoms with van der Waals surface area (Å²) in [5.74, 6) is 0.599. The van der Waals surface area contributed by atoms with Crippen LogP contribution in [0, 0.1) is 5.92 Å². The minimum Gasteiger partial charge on any atom is -0.326 e. The van der Waals surface area contributed by atoms with Gasteiger partial charge < -0.3 is 5.73 Å². The summed E-state index contributed by atoms with van der Waals surface area (Å²) >= 11 is 0. The van der Waals surface area contributed by atoms with Crippen LogP contribution in [0.5, 0.6) is 0 Å². The van der Waals surface area contributed by atoms with E-state index in [1.807, 2.05) is 12.1 Å². The summed E-state index contributed by atoms with van der Waals surface area (Å²) in [4.78, 5) is 3.89. The lowest BCUT2D eigenvalue weighted by molar-refractivity contribution is 0.547. The molecule has 0 radical (unpaired) electrons. The first-order chi connectivity index (χ1) is 8.57. The van der Waals surface area contributed by atoms with Crippen LogP contribution in [0.15, 0.2) is 24.5 Å². The average molecular weight is 269 g/mol. The minimum absolute atomic E-state index is 0.0410. The number of hydrogen-bond acceptors (Lipinski definition) is 4. The Labute approximate surface area is 108 Å². The fraction of sp³-hybridized carbons (Fsp3) is 0.583. The molecular weight excluding hydrogens is 250 g/mol. The van der Waals surface area contributed by atoms with E-state index in [9.17, 15) is 8.42 Å². The molecule has 0 saturated heterocycles.